The van der Waals surface area contributed by atoms with E-state index < -0.39 is 0 Å². The quantitative estimate of drug-likeness (QED) is 0.780. The van der Waals surface area contributed by atoms with Crippen LogP contribution in [0.5, 0.6) is 0 Å². The largest absolute Gasteiger partial charge is 0.359 e. The molecule has 1 heterocycles. The number of nitrogens with zero attached hydrogens (tertiary/aromatic N) is 1. The first-order valence-corrected chi connectivity index (χ1v) is 5.76. The normalized spacial score (nSPS) is 13.9. The smallest absolute Gasteiger partial charge is 0.184 e. The van der Waals surface area contributed by atoms with Gasteiger partial charge >= 0.3 is 0 Å². The lowest BCUT2D eigenvalue weighted by Crippen LogP contribution is -2.21. The Kier molecular flexibility index (Phi) is 2.41. The second-order valence-corrected chi connectivity index (χ2v) is 4.28. The summed E-state index contributed by atoms with van der Waals surface area (Å²) in [4.78, 5) is 14.0. The summed E-state index contributed by atoms with van der Waals surface area (Å²) in [5.41, 5.74) is 3.14. The maximum absolute atomic E-state index is 11.8. The van der Waals surface area contributed by atoms with Crippen molar-refractivity contribution in [3.63, 3.8) is 0 Å². The lowest BCUT2D eigenvalue weighted by atomic mass is 10.1. The van der Waals surface area contributed by atoms with Crippen molar-refractivity contribution >= 4 is 11.5 Å². The number of carbonyl (C=O) groups is 1. The molecule has 3 rings (SSSR count). The highest BCUT2D eigenvalue weighted by atomic mass is 16.1. The van der Waals surface area contributed by atoms with Gasteiger partial charge in [0.2, 0.25) is 0 Å². The highest BCUT2D eigenvalue weighted by molar-refractivity contribution is 6.08. The molecule has 1 aliphatic rings. The summed E-state index contributed by atoms with van der Waals surface area (Å²) in [6, 6.07) is 18.1. The number of Topliss-reactive ketones (excluding diaryl/α,β-unsaturated/α-hetero) is 1. The molecule has 2 nitrogen and oxygen atoms in total. The van der Waals surface area contributed by atoms with Crippen LogP contribution in [0.15, 0.2) is 54.6 Å². The lowest BCUT2D eigenvalue weighted by Gasteiger charge is -2.18. The van der Waals surface area contributed by atoms with Crippen LogP contribution in [-0.2, 0) is 6.54 Å². The van der Waals surface area contributed by atoms with Crippen LogP contribution in [0.2, 0.25) is 0 Å². The van der Waals surface area contributed by atoms with Crippen LogP contribution >= 0.6 is 0 Å². The predicted octanol–water partition coefficient (Wildman–Crippen LogP) is 2.89. The molecule has 0 bridgehead atoms. The molecule has 2 heteroatoms. The molecule has 2 aromatic rings. The molecule has 1 aliphatic heterocycles. The molecule has 0 atom stereocenters. The van der Waals surface area contributed by atoms with Gasteiger partial charge in [-0.05, 0) is 17.7 Å². The Bertz CT molecular complexity index is 548. The van der Waals surface area contributed by atoms with Crippen molar-refractivity contribution in [1.29, 1.82) is 0 Å². The van der Waals surface area contributed by atoms with Gasteiger partial charge in [-0.3, -0.25) is 4.79 Å². The van der Waals surface area contributed by atoms with Crippen molar-refractivity contribution in [1.82, 2.24) is 0 Å². The summed E-state index contributed by atoms with van der Waals surface area (Å²) in [5, 5.41) is 0. The molecule has 0 saturated carbocycles. The van der Waals surface area contributed by atoms with Gasteiger partial charge in [-0.1, -0.05) is 42.5 Å². The minimum atomic E-state index is 0.219. The molecule has 2 aromatic carbocycles. The predicted molar refractivity (Wildman–Crippen MR) is 68.3 cm³/mol. The maximum Gasteiger partial charge on any atom is 0.184 e. The second-order valence-electron chi connectivity index (χ2n) is 4.28. The third-order valence-corrected chi connectivity index (χ3v) is 3.10. The standard InChI is InChI=1S/C15H13NO/c17-15-11-16(10-12-6-2-1-3-7-12)14-9-5-4-8-13(14)15/h1-9H,10-11H2. The van der Waals surface area contributed by atoms with Gasteiger partial charge in [-0.15, -0.1) is 0 Å². The molecule has 0 saturated heterocycles. The van der Waals surface area contributed by atoms with Crippen molar-refractivity contribution in [2.24, 2.45) is 0 Å². The van der Waals surface area contributed by atoms with Gasteiger partial charge in [0.1, 0.15) is 0 Å². The molecule has 17 heavy (non-hydrogen) atoms. The molecular weight excluding hydrogens is 210 g/mol. The van der Waals surface area contributed by atoms with Gasteiger partial charge < -0.3 is 4.90 Å². The molecule has 0 unspecified atom stereocenters. The highest BCUT2D eigenvalue weighted by Gasteiger charge is 2.25. The van der Waals surface area contributed by atoms with E-state index in [0.717, 1.165) is 17.8 Å². The molecule has 84 valence electrons. The van der Waals surface area contributed by atoms with Gasteiger partial charge in [-0.2, -0.15) is 0 Å². The minimum absolute atomic E-state index is 0.219. The number of carbonyl (C=O) groups excluding carboxylic acids is 1. The third kappa shape index (κ3) is 1.82. The monoisotopic (exact) mass is 223 g/mol. The van der Waals surface area contributed by atoms with Gasteiger partial charge in [0.15, 0.2) is 5.78 Å². The molecule has 0 N–H and O–H groups in total. The summed E-state index contributed by atoms with van der Waals surface area (Å²) in [6.45, 7) is 1.29. The summed E-state index contributed by atoms with van der Waals surface area (Å²) >= 11 is 0. The van der Waals surface area contributed by atoms with Gasteiger partial charge in [0.25, 0.3) is 0 Å². The molecular formula is C15H13NO. The molecule has 0 spiro atoms. The van der Waals surface area contributed by atoms with E-state index in [1.165, 1.54) is 5.56 Å². The summed E-state index contributed by atoms with van der Waals surface area (Å²) < 4.78 is 0. The zero-order chi connectivity index (χ0) is 11.7. The first kappa shape index (κ1) is 10.1. The van der Waals surface area contributed by atoms with E-state index in [2.05, 4.69) is 17.0 Å². The minimum Gasteiger partial charge on any atom is -0.359 e. The van der Waals surface area contributed by atoms with Crippen LogP contribution < -0.4 is 4.90 Å². The molecule has 0 fully saturated rings. The number of rotatable bonds is 2. The molecule has 0 amide bonds. The van der Waals surface area contributed by atoms with Crippen molar-refractivity contribution in [3.05, 3.63) is 65.7 Å². The summed E-state index contributed by atoms with van der Waals surface area (Å²) in [6.07, 6.45) is 0. The van der Waals surface area contributed by atoms with E-state index in [9.17, 15) is 4.79 Å². The van der Waals surface area contributed by atoms with Crippen LogP contribution in [0.25, 0.3) is 0 Å². The molecule has 0 aromatic heterocycles. The van der Waals surface area contributed by atoms with E-state index in [1.807, 2.05) is 42.5 Å². The van der Waals surface area contributed by atoms with E-state index in [1.54, 1.807) is 0 Å². The van der Waals surface area contributed by atoms with E-state index in [0.29, 0.717) is 6.54 Å². The van der Waals surface area contributed by atoms with Gasteiger partial charge in [0, 0.05) is 17.8 Å². The van der Waals surface area contributed by atoms with Crippen LogP contribution in [0.3, 0.4) is 0 Å². The average Bonchev–Trinajstić information content (AvgIpc) is 2.69. The van der Waals surface area contributed by atoms with Crippen molar-refractivity contribution in [2.45, 2.75) is 6.54 Å². The molecule has 0 aliphatic carbocycles. The van der Waals surface area contributed by atoms with Crippen molar-refractivity contribution in [2.75, 3.05) is 11.4 Å². The van der Waals surface area contributed by atoms with Crippen LogP contribution in [-0.4, -0.2) is 12.3 Å². The molecule has 0 radical (unpaired) electrons. The second kappa shape index (κ2) is 4.06. The fraction of sp³-hybridized carbons (Fsp3) is 0.133. The van der Waals surface area contributed by atoms with Gasteiger partial charge in [0.05, 0.1) is 6.54 Å². The zero-order valence-electron chi connectivity index (χ0n) is 9.47. The lowest BCUT2D eigenvalue weighted by molar-refractivity contribution is 0.101. The van der Waals surface area contributed by atoms with Crippen LogP contribution in [0, 0.1) is 0 Å². The van der Waals surface area contributed by atoms with Crippen LogP contribution in [0.4, 0.5) is 5.69 Å². The number of anilines is 1. The Balaban J connectivity index is 1.90. The van der Waals surface area contributed by atoms with E-state index in [4.69, 9.17) is 0 Å². The Morgan fingerprint density at radius 2 is 1.65 bits per heavy atom. The highest BCUT2D eigenvalue weighted by Crippen LogP contribution is 2.28. The number of para-hydroxylation sites is 1. The Morgan fingerprint density at radius 1 is 0.941 bits per heavy atom. The summed E-state index contributed by atoms with van der Waals surface area (Å²) in [7, 11) is 0. The van der Waals surface area contributed by atoms with Crippen molar-refractivity contribution in [3.8, 4) is 0 Å². The zero-order valence-corrected chi connectivity index (χ0v) is 9.47. The number of fused-ring (bicyclic) bond motifs is 1. The van der Waals surface area contributed by atoms with Crippen molar-refractivity contribution < 1.29 is 4.79 Å². The Hall–Kier alpha value is -2.09. The average molecular weight is 223 g/mol. The Labute approximate surface area is 100 Å². The van der Waals surface area contributed by atoms with Gasteiger partial charge in [-0.25, -0.2) is 0 Å². The van der Waals surface area contributed by atoms with Crippen LogP contribution in [0.1, 0.15) is 15.9 Å². The first-order chi connectivity index (χ1) is 8.34. The Morgan fingerprint density at radius 3 is 2.47 bits per heavy atom. The number of hydrogen-bond acceptors (Lipinski definition) is 2. The number of hydrogen-bond donors (Lipinski definition) is 0. The summed E-state index contributed by atoms with van der Waals surface area (Å²) in [5.74, 6) is 0.219. The number of ketones is 1. The van der Waals surface area contributed by atoms with E-state index in [-0.39, 0.29) is 5.78 Å². The fourth-order valence-electron chi connectivity index (χ4n) is 2.27. The SMILES string of the molecule is O=C1CN(Cc2ccccc2)c2ccccc21. The first-order valence-electron chi connectivity index (χ1n) is 5.76. The maximum atomic E-state index is 11.8. The van der Waals surface area contributed by atoms with E-state index >= 15 is 0 Å². The fourth-order valence-corrected chi connectivity index (χ4v) is 2.27. The topological polar surface area (TPSA) is 20.3 Å². The third-order valence-electron chi connectivity index (χ3n) is 3.10. The number of benzene rings is 2.